The zero-order valence-corrected chi connectivity index (χ0v) is 40.9. The number of carbonyl (C=O) groups excluding carboxylic acids is 4. The van der Waals surface area contributed by atoms with Gasteiger partial charge >= 0.3 is 39.9 Å². The summed E-state index contributed by atoms with van der Waals surface area (Å²) in [5, 5.41) is 37.1. The van der Waals surface area contributed by atoms with E-state index in [4.69, 9.17) is 0 Å². The number of carboxylic acids is 3. The largest absolute Gasteiger partial charge is 3.00 e. The normalized spacial score (nSPS) is 16.6. The van der Waals surface area contributed by atoms with E-state index in [-0.39, 0.29) is 98.2 Å². The summed E-state index contributed by atoms with van der Waals surface area (Å²) in [7, 11) is 0. The van der Waals surface area contributed by atoms with Crippen molar-refractivity contribution in [3.8, 4) is 0 Å². The Morgan fingerprint density at radius 2 is 0.705 bits per heavy atom. The Morgan fingerprint density at radius 1 is 0.426 bits per heavy atom. The Labute approximate surface area is 401 Å². The summed E-state index contributed by atoms with van der Waals surface area (Å²) in [5.41, 5.74) is 8.51. The van der Waals surface area contributed by atoms with Gasteiger partial charge in [0.05, 0.1) is 24.5 Å². The molecule has 61 heavy (non-hydrogen) atoms. The number of rotatable bonds is 27. The smallest absolute Gasteiger partial charge is 0.549 e. The van der Waals surface area contributed by atoms with Gasteiger partial charge in [0.15, 0.2) is 0 Å². The van der Waals surface area contributed by atoms with E-state index in [1.54, 1.807) is 14.7 Å². The minimum Gasteiger partial charge on any atom is -0.549 e. The fourth-order valence-electron chi connectivity index (χ4n) is 7.01. The van der Waals surface area contributed by atoms with Gasteiger partial charge in [0.2, 0.25) is 5.91 Å². The van der Waals surface area contributed by atoms with Gasteiger partial charge in [-0.25, -0.2) is 0 Å². The van der Waals surface area contributed by atoms with Crippen LogP contribution >= 0.6 is 0 Å². The third-order valence-electron chi connectivity index (χ3n) is 10.8. The van der Waals surface area contributed by atoms with E-state index in [1.807, 2.05) is 4.90 Å². The van der Waals surface area contributed by atoms with Crippen LogP contribution in [0.15, 0.2) is 69.9 Å². The van der Waals surface area contributed by atoms with E-state index in [2.05, 4.69) is 90.2 Å². The number of nitrogens with one attached hydrogen (secondary N) is 1. The van der Waals surface area contributed by atoms with Crippen LogP contribution in [0.3, 0.4) is 0 Å². The van der Waals surface area contributed by atoms with Crippen molar-refractivity contribution in [2.75, 3.05) is 85.1 Å². The average Bonchev–Trinajstić information content (AvgIpc) is 3.15. The monoisotopic (exact) mass is 995 g/mol. The van der Waals surface area contributed by atoms with Gasteiger partial charge in [-0.2, -0.15) is 0 Å². The maximum absolute atomic E-state index is 13.0. The molecule has 1 N–H and O–H groups in total. The molecule has 13 heteroatoms. The number of carbonyl (C=O) groups is 4. The number of carboxylic acid groups (broad SMARTS) is 3. The van der Waals surface area contributed by atoms with Crippen molar-refractivity contribution in [2.24, 2.45) is 0 Å². The van der Waals surface area contributed by atoms with Crippen LogP contribution in [0.4, 0.5) is 0 Å². The van der Waals surface area contributed by atoms with Crippen molar-refractivity contribution < 1.29 is 74.4 Å². The minimum absolute atomic E-state index is 0. The summed E-state index contributed by atoms with van der Waals surface area (Å²) >= 11 is 0. The Hall–Kier alpha value is -2.52. The number of unbranched alkanes of at least 4 members (excludes halogenated alkanes) is 1. The van der Waals surface area contributed by atoms with Crippen LogP contribution in [0.2, 0.25) is 0 Å². The molecule has 345 valence electrons. The van der Waals surface area contributed by atoms with Gasteiger partial charge in [0.1, 0.15) is 0 Å². The Morgan fingerprint density at radius 3 is 1.02 bits per heavy atom. The number of hydrogen-bond acceptors (Lipinski definition) is 11. The summed E-state index contributed by atoms with van der Waals surface area (Å²) in [4.78, 5) is 53.9. The van der Waals surface area contributed by atoms with Gasteiger partial charge < -0.3 is 35.0 Å². The van der Waals surface area contributed by atoms with Crippen molar-refractivity contribution in [3.63, 3.8) is 0 Å². The second-order valence-corrected chi connectivity index (χ2v) is 16.9. The van der Waals surface area contributed by atoms with E-state index in [0.717, 1.165) is 77.0 Å². The van der Waals surface area contributed by atoms with Crippen molar-refractivity contribution in [2.45, 2.75) is 126 Å². The predicted molar refractivity (Wildman–Crippen MR) is 237 cm³/mol. The molecule has 0 saturated carbocycles. The zero-order chi connectivity index (χ0) is 44.7. The Bertz CT molecular complexity index is 1470. The summed E-state index contributed by atoms with van der Waals surface area (Å²) < 4.78 is 0. The van der Waals surface area contributed by atoms with Crippen LogP contribution in [0.25, 0.3) is 0 Å². The van der Waals surface area contributed by atoms with Gasteiger partial charge in [-0.15, -0.1) is 0 Å². The molecule has 1 aliphatic heterocycles. The van der Waals surface area contributed by atoms with E-state index in [0.29, 0.717) is 32.7 Å². The molecule has 1 amide bonds. The van der Waals surface area contributed by atoms with E-state index in [9.17, 15) is 34.5 Å². The molecule has 1 heterocycles. The molecule has 0 atom stereocenters. The molecule has 0 aliphatic carbocycles. The molecular weight excluding hydrogens is 916 g/mol. The third kappa shape index (κ3) is 34.6. The van der Waals surface area contributed by atoms with Gasteiger partial charge in [-0.3, -0.25) is 24.4 Å². The fraction of sp³-hybridized carbons (Fsp3) is 0.667. The van der Waals surface area contributed by atoms with E-state index >= 15 is 0 Å². The number of amides is 1. The topological polar surface area (TPSA) is 162 Å². The van der Waals surface area contributed by atoms with Crippen molar-refractivity contribution >= 4 is 23.8 Å². The maximum Gasteiger partial charge on any atom is 3.00 e. The Kier molecular flexibility index (Phi) is 34.4. The molecule has 12 nitrogen and oxygen atoms in total. The molecular formula is C48H78GdN5O7. The van der Waals surface area contributed by atoms with Crippen LogP contribution in [-0.2, 0) is 19.2 Å². The molecule has 1 radical (unpaired) electrons. The van der Waals surface area contributed by atoms with Crippen molar-refractivity contribution in [1.82, 2.24) is 24.9 Å². The summed E-state index contributed by atoms with van der Waals surface area (Å²) in [6, 6.07) is 0. The van der Waals surface area contributed by atoms with Gasteiger partial charge in [0, 0.05) is 78.5 Å². The molecule has 1 aliphatic rings. The first-order chi connectivity index (χ1) is 28.5. The molecule has 0 unspecified atom stereocenters. The van der Waals surface area contributed by atoms with E-state index in [1.165, 1.54) is 33.4 Å². The summed E-state index contributed by atoms with van der Waals surface area (Å²) in [5.74, 6) is -3.92. The first kappa shape index (κ1) is 58.5. The summed E-state index contributed by atoms with van der Waals surface area (Å²) in [6.45, 7) is 17.3. The number of aliphatic carboxylic acids is 3. The number of hydrogen-bond donors (Lipinski definition) is 1. The predicted octanol–water partition coefficient (Wildman–Crippen LogP) is 3.95. The van der Waals surface area contributed by atoms with Crippen molar-refractivity contribution in [1.29, 1.82) is 0 Å². The molecule has 1 saturated heterocycles. The first-order valence-electron chi connectivity index (χ1n) is 22.2. The molecule has 0 bridgehead atoms. The average molecular weight is 994 g/mol. The standard InChI is InChI=1S/C48H81N5O7.Gd/c1-39(2)15-10-18-42(5)21-11-19-40(3)16-8-9-17-41(4)20-12-22-43(6)23-13-24-44(7)25-14-26-49-45(54)35-50-27-29-51(36-46(55)56)31-33-53(38-48(59)60)34-32-52(30-28-50)37-47(57)58;/h15-17,21-22,24H,8-14,18-20,23,25-38H2,1-7H3,(H,49,54)(H,55,56)(H,57,58)(H,59,60);/q;+3/p-3/b40-16+,41-17+,42-21+,43-22+,44-24+;. The number of nitrogens with zero attached hydrogens (tertiary/aromatic N) is 4. The Balaban J connectivity index is 0.0000360. The van der Waals surface area contributed by atoms with E-state index < -0.39 is 17.9 Å². The molecule has 0 aromatic rings. The third-order valence-corrected chi connectivity index (χ3v) is 10.8. The molecule has 0 aromatic carbocycles. The first-order valence-corrected chi connectivity index (χ1v) is 22.2. The molecule has 0 aromatic heterocycles. The minimum atomic E-state index is -1.27. The second-order valence-electron chi connectivity index (χ2n) is 16.9. The molecule has 1 fully saturated rings. The van der Waals surface area contributed by atoms with Gasteiger partial charge in [-0.1, -0.05) is 69.9 Å². The quantitative estimate of drug-likeness (QED) is 0.0938. The van der Waals surface area contributed by atoms with Crippen LogP contribution in [0.1, 0.15) is 126 Å². The SMILES string of the molecule is CC(C)=CCC/C(C)=C/CC/C(C)=C/CC/C=C(\C)CC/C=C(\C)CC/C=C(\C)CCCNC(=O)CN1CCN(CC(=O)[O-])CCN(CC(=O)[O-])CCN(CC(=O)[O-])CC1.[Gd+3]. The van der Waals surface area contributed by atoms with Crippen LogP contribution in [0.5, 0.6) is 0 Å². The molecule has 1 rings (SSSR count). The fourth-order valence-corrected chi connectivity index (χ4v) is 7.01. The number of allylic oxidation sites excluding steroid dienone is 12. The zero-order valence-electron chi connectivity index (χ0n) is 38.6. The van der Waals surface area contributed by atoms with Crippen LogP contribution in [0, 0.1) is 39.9 Å². The second kappa shape index (κ2) is 35.9. The van der Waals surface area contributed by atoms with Gasteiger partial charge in [-0.05, 0) is 126 Å². The maximum atomic E-state index is 13.0. The van der Waals surface area contributed by atoms with Crippen LogP contribution in [-0.4, -0.2) is 128 Å². The van der Waals surface area contributed by atoms with Gasteiger partial charge in [0.25, 0.3) is 0 Å². The molecule has 0 spiro atoms. The summed E-state index contributed by atoms with van der Waals surface area (Å²) in [6.07, 6.45) is 26.7. The van der Waals surface area contributed by atoms with Crippen LogP contribution < -0.4 is 20.6 Å². The van der Waals surface area contributed by atoms with Crippen molar-refractivity contribution in [3.05, 3.63) is 69.9 Å².